The van der Waals surface area contributed by atoms with Crippen LogP contribution in [0.1, 0.15) is 46.0 Å². The van der Waals surface area contributed by atoms with E-state index in [4.69, 9.17) is 34.8 Å². The summed E-state index contributed by atoms with van der Waals surface area (Å²) in [5.74, 6) is 0. The normalized spacial score (nSPS) is 22.9. The Balaban J connectivity index is 2.09. The topological polar surface area (TPSA) is 12.0 Å². The van der Waals surface area contributed by atoms with Crippen LogP contribution >= 0.6 is 34.8 Å². The van der Waals surface area contributed by atoms with Crippen molar-refractivity contribution >= 4 is 40.5 Å². The van der Waals surface area contributed by atoms with Crippen molar-refractivity contribution in [1.29, 1.82) is 0 Å². The SMILES string of the molecule is CC1(C)CCCC(Nc2c(Cl)cc(Cl)cc2Cl)CC1. The zero-order valence-corrected chi connectivity index (χ0v) is 13.7. The second-order valence-electron chi connectivity index (χ2n) is 6.18. The van der Waals surface area contributed by atoms with E-state index >= 15 is 0 Å². The molecule has 0 aromatic heterocycles. The Labute approximate surface area is 130 Å². The fourth-order valence-electron chi connectivity index (χ4n) is 2.69. The van der Waals surface area contributed by atoms with Gasteiger partial charge in [0.25, 0.3) is 0 Å². The van der Waals surface area contributed by atoms with Crippen molar-refractivity contribution in [3.63, 3.8) is 0 Å². The molecule has 1 fully saturated rings. The monoisotopic (exact) mass is 319 g/mol. The zero-order chi connectivity index (χ0) is 14.0. The van der Waals surface area contributed by atoms with Crippen molar-refractivity contribution in [2.24, 2.45) is 5.41 Å². The molecule has 0 heterocycles. The summed E-state index contributed by atoms with van der Waals surface area (Å²) in [5, 5.41) is 5.27. The zero-order valence-electron chi connectivity index (χ0n) is 11.4. The van der Waals surface area contributed by atoms with Crippen LogP contribution in [-0.2, 0) is 0 Å². The molecular weight excluding hydrogens is 301 g/mol. The van der Waals surface area contributed by atoms with Gasteiger partial charge in [-0.15, -0.1) is 0 Å². The summed E-state index contributed by atoms with van der Waals surface area (Å²) in [5.41, 5.74) is 1.27. The Kier molecular flexibility index (Phi) is 4.92. The van der Waals surface area contributed by atoms with E-state index in [1.807, 2.05) is 0 Å². The lowest BCUT2D eigenvalue weighted by molar-refractivity contribution is 0.313. The fourth-order valence-corrected chi connectivity index (χ4v) is 3.62. The molecule has 0 spiro atoms. The summed E-state index contributed by atoms with van der Waals surface area (Å²) in [6.45, 7) is 4.69. The third-order valence-corrected chi connectivity index (χ3v) is 4.75. The van der Waals surface area contributed by atoms with Gasteiger partial charge in [-0.25, -0.2) is 0 Å². The molecule has 1 unspecified atom stereocenters. The van der Waals surface area contributed by atoms with Crippen LogP contribution in [0.4, 0.5) is 5.69 Å². The smallest absolute Gasteiger partial charge is 0.0722 e. The standard InChI is InChI=1S/C15H20Cl3N/c1-15(2)6-3-4-11(5-7-15)19-14-12(17)8-10(16)9-13(14)18/h8-9,11,19H,3-7H2,1-2H3. The summed E-state index contributed by atoms with van der Waals surface area (Å²) >= 11 is 18.4. The summed E-state index contributed by atoms with van der Waals surface area (Å²) in [6, 6.07) is 3.91. The van der Waals surface area contributed by atoms with E-state index in [2.05, 4.69) is 19.2 Å². The average molecular weight is 321 g/mol. The first kappa shape index (κ1) is 15.3. The molecule has 0 bridgehead atoms. The van der Waals surface area contributed by atoms with Crippen molar-refractivity contribution in [2.45, 2.75) is 52.0 Å². The summed E-state index contributed by atoms with van der Waals surface area (Å²) in [4.78, 5) is 0. The van der Waals surface area contributed by atoms with E-state index in [0.29, 0.717) is 26.5 Å². The highest BCUT2D eigenvalue weighted by Crippen LogP contribution is 2.38. The molecule has 1 N–H and O–H groups in total. The van der Waals surface area contributed by atoms with Gasteiger partial charge in [-0.1, -0.05) is 55.1 Å². The van der Waals surface area contributed by atoms with Crippen molar-refractivity contribution in [1.82, 2.24) is 0 Å². The highest BCUT2D eigenvalue weighted by Gasteiger charge is 2.25. The molecule has 2 rings (SSSR count). The molecule has 1 aromatic rings. The Bertz CT molecular complexity index is 434. The van der Waals surface area contributed by atoms with E-state index in [9.17, 15) is 0 Å². The molecule has 0 radical (unpaired) electrons. The molecule has 1 aromatic carbocycles. The van der Waals surface area contributed by atoms with Crippen LogP contribution in [-0.4, -0.2) is 6.04 Å². The molecule has 106 valence electrons. The fraction of sp³-hybridized carbons (Fsp3) is 0.600. The van der Waals surface area contributed by atoms with E-state index in [1.165, 1.54) is 25.7 Å². The molecular formula is C15H20Cl3N. The van der Waals surface area contributed by atoms with E-state index < -0.39 is 0 Å². The van der Waals surface area contributed by atoms with Crippen molar-refractivity contribution in [2.75, 3.05) is 5.32 Å². The van der Waals surface area contributed by atoms with Gasteiger partial charge in [-0.2, -0.15) is 0 Å². The highest BCUT2D eigenvalue weighted by atomic mass is 35.5. The molecule has 1 aliphatic carbocycles. The third kappa shape index (κ3) is 4.18. The van der Waals surface area contributed by atoms with Crippen LogP contribution in [0.2, 0.25) is 15.1 Å². The lowest BCUT2D eigenvalue weighted by atomic mass is 9.85. The maximum Gasteiger partial charge on any atom is 0.0722 e. The average Bonchev–Trinajstić information content (AvgIpc) is 2.45. The van der Waals surface area contributed by atoms with Crippen LogP contribution in [0.25, 0.3) is 0 Å². The van der Waals surface area contributed by atoms with Gasteiger partial charge in [0.15, 0.2) is 0 Å². The Morgan fingerprint density at radius 1 is 1.05 bits per heavy atom. The maximum absolute atomic E-state index is 6.22. The Morgan fingerprint density at radius 2 is 1.68 bits per heavy atom. The predicted octanol–water partition coefficient (Wildman–Crippen LogP) is 6.42. The first-order chi connectivity index (χ1) is 8.87. The van der Waals surface area contributed by atoms with Gasteiger partial charge < -0.3 is 5.32 Å². The Morgan fingerprint density at radius 3 is 2.32 bits per heavy atom. The summed E-state index contributed by atoms with van der Waals surface area (Å²) < 4.78 is 0. The minimum Gasteiger partial charge on any atom is -0.380 e. The quantitative estimate of drug-likeness (QED) is 0.620. The number of halogens is 3. The van der Waals surface area contributed by atoms with Gasteiger partial charge in [0, 0.05) is 11.1 Å². The lowest BCUT2D eigenvalue weighted by Crippen LogP contribution is -2.19. The first-order valence-electron chi connectivity index (χ1n) is 6.78. The summed E-state index contributed by atoms with van der Waals surface area (Å²) in [6.07, 6.45) is 6.08. The third-order valence-electron chi connectivity index (χ3n) is 3.93. The molecule has 0 amide bonds. The second kappa shape index (κ2) is 6.11. The van der Waals surface area contributed by atoms with Gasteiger partial charge in [0.05, 0.1) is 15.7 Å². The Hall–Kier alpha value is -0.110. The van der Waals surface area contributed by atoms with Gasteiger partial charge in [0.1, 0.15) is 0 Å². The molecule has 4 heteroatoms. The van der Waals surface area contributed by atoms with Gasteiger partial charge in [-0.3, -0.25) is 0 Å². The van der Waals surface area contributed by atoms with Crippen LogP contribution in [0, 0.1) is 5.41 Å². The number of benzene rings is 1. The number of hydrogen-bond acceptors (Lipinski definition) is 1. The van der Waals surface area contributed by atoms with Crippen LogP contribution in [0.3, 0.4) is 0 Å². The summed E-state index contributed by atoms with van der Waals surface area (Å²) in [7, 11) is 0. The largest absolute Gasteiger partial charge is 0.380 e. The minimum atomic E-state index is 0.443. The molecule has 19 heavy (non-hydrogen) atoms. The molecule has 1 nitrogen and oxygen atoms in total. The lowest BCUT2D eigenvalue weighted by Gasteiger charge is -2.23. The van der Waals surface area contributed by atoms with Gasteiger partial charge >= 0.3 is 0 Å². The highest BCUT2D eigenvalue weighted by molar-refractivity contribution is 6.41. The van der Waals surface area contributed by atoms with Gasteiger partial charge in [0.2, 0.25) is 0 Å². The van der Waals surface area contributed by atoms with Crippen LogP contribution < -0.4 is 5.32 Å². The first-order valence-corrected chi connectivity index (χ1v) is 7.92. The second-order valence-corrected chi connectivity index (χ2v) is 7.43. The molecule has 0 saturated heterocycles. The van der Waals surface area contributed by atoms with E-state index in [1.54, 1.807) is 12.1 Å². The molecule has 1 saturated carbocycles. The number of rotatable bonds is 2. The number of hydrogen-bond donors (Lipinski definition) is 1. The predicted molar refractivity (Wildman–Crippen MR) is 85.7 cm³/mol. The van der Waals surface area contributed by atoms with E-state index in [-0.39, 0.29) is 0 Å². The minimum absolute atomic E-state index is 0.443. The van der Waals surface area contributed by atoms with Crippen LogP contribution in [0.15, 0.2) is 12.1 Å². The maximum atomic E-state index is 6.22. The molecule has 0 aliphatic heterocycles. The van der Waals surface area contributed by atoms with Crippen LogP contribution in [0.5, 0.6) is 0 Å². The number of nitrogens with one attached hydrogen (secondary N) is 1. The van der Waals surface area contributed by atoms with Crippen molar-refractivity contribution in [3.05, 3.63) is 27.2 Å². The van der Waals surface area contributed by atoms with E-state index in [0.717, 1.165) is 12.1 Å². The van der Waals surface area contributed by atoms with Crippen molar-refractivity contribution in [3.8, 4) is 0 Å². The van der Waals surface area contributed by atoms with Gasteiger partial charge in [-0.05, 0) is 43.2 Å². The molecule has 1 atom stereocenters. The number of anilines is 1. The molecule has 1 aliphatic rings. The van der Waals surface area contributed by atoms with Crippen molar-refractivity contribution < 1.29 is 0 Å².